The van der Waals surface area contributed by atoms with E-state index >= 15 is 0 Å². The first-order valence-electron chi connectivity index (χ1n) is 3.82. The van der Waals surface area contributed by atoms with Gasteiger partial charge in [-0.2, -0.15) is 0 Å². The number of ether oxygens (including phenoxy) is 1. The standard InChI is InChI=1S/C7H11NO3/c9-7(10)2-8-5-1-6(8)4-11-3-5/h5-6H,1-4H2,(H,9,10). The van der Waals surface area contributed by atoms with E-state index in [-0.39, 0.29) is 6.54 Å². The third kappa shape index (κ3) is 1.12. The van der Waals surface area contributed by atoms with E-state index in [0.29, 0.717) is 25.3 Å². The summed E-state index contributed by atoms with van der Waals surface area (Å²) < 4.78 is 5.21. The largest absolute Gasteiger partial charge is 0.480 e. The zero-order chi connectivity index (χ0) is 7.84. The molecule has 4 nitrogen and oxygen atoms in total. The first kappa shape index (κ1) is 7.06. The fourth-order valence-electron chi connectivity index (χ4n) is 1.83. The third-order valence-electron chi connectivity index (χ3n) is 2.42. The minimum atomic E-state index is -0.735. The fraction of sp³-hybridized carbons (Fsp3) is 0.857. The number of carboxylic acids is 1. The third-order valence-corrected chi connectivity index (χ3v) is 2.42. The smallest absolute Gasteiger partial charge is 0.317 e. The highest BCUT2D eigenvalue weighted by Gasteiger charge is 2.42. The molecule has 4 heteroatoms. The molecular weight excluding hydrogens is 146 g/mol. The van der Waals surface area contributed by atoms with Crippen molar-refractivity contribution in [1.29, 1.82) is 0 Å². The van der Waals surface area contributed by atoms with Gasteiger partial charge in [0.15, 0.2) is 0 Å². The molecule has 2 unspecified atom stereocenters. The molecule has 0 radical (unpaired) electrons. The molecule has 2 bridgehead atoms. The van der Waals surface area contributed by atoms with Gasteiger partial charge < -0.3 is 9.84 Å². The summed E-state index contributed by atoms with van der Waals surface area (Å²) in [6.45, 7) is 1.60. The Morgan fingerprint density at radius 1 is 1.55 bits per heavy atom. The molecule has 3 heterocycles. The van der Waals surface area contributed by atoms with Crippen molar-refractivity contribution in [2.24, 2.45) is 0 Å². The van der Waals surface area contributed by atoms with Gasteiger partial charge in [0, 0.05) is 12.1 Å². The average molecular weight is 157 g/mol. The van der Waals surface area contributed by atoms with Crippen LogP contribution in [0, 0.1) is 0 Å². The first-order valence-corrected chi connectivity index (χ1v) is 3.82. The molecule has 0 amide bonds. The lowest BCUT2D eigenvalue weighted by atomic mass is 9.91. The Morgan fingerprint density at radius 2 is 2.18 bits per heavy atom. The number of nitrogens with zero attached hydrogens (tertiary/aromatic N) is 1. The lowest BCUT2D eigenvalue weighted by Gasteiger charge is -2.51. The van der Waals surface area contributed by atoms with Crippen LogP contribution in [-0.4, -0.2) is 47.8 Å². The molecule has 0 saturated carbocycles. The summed E-state index contributed by atoms with van der Waals surface area (Å²) in [4.78, 5) is 12.4. The van der Waals surface area contributed by atoms with Gasteiger partial charge in [0.25, 0.3) is 0 Å². The van der Waals surface area contributed by atoms with Crippen molar-refractivity contribution in [2.45, 2.75) is 18.5 Å². The van der Waals surface area contributed by atoms with Crippen molar-refractivity contribution < 1.29 is 14.6 Å². The fourth-order valence-corrected chi connectivity index (χ4v) is 1.83. The lowest BCUT2D eigenvalue weighted by Crippen LogP contribution is -2.64. The van der Waals surface area contributed by atoms with E-state index in [1.165, 1.54) is 0 Å². The molecule has 0 aromatic heterocycles. The van der Waals surface area contributed by atoms with Gasteiger partial charge in [-0.15, -0.1) is 0 Å². The van der Waals surface area contributed by atoms with Crippen LogP contribution in [0.2, 0.25) is 0 Å². The van der Waals surface area contributed by atoms with Crippen LogP contribution in [0.15, 0.2) is 0 Å². The van der Waals surface area contributed by atoms with E-state index in [4.69, 9.17) is 9.84 Å². The van der Waals surface area contributed by atoms with Gasteiger partial charge in [0.1, 0.15) is 0 Å². The zero-order valence-corrected chi connectivity index (χ0v) is 6.19. The van der Waals surface area contributed by atoms with Crippen LogP contribution < -0.4 is 0 Å². The van der Waals surface area contributed by atoms with Crippen molar-refractivity contribution in [3.05, 3.63) is 0 Å². The van der Waals surface area contributed by atoms with Crippen molar-refractivity contribution in [3.63, 3.8) is 0 Å². The Labute approximate surface area is 64.7 Å². The van der Waals surface area contributed by atoms with E-state index in [1.807, 2.05) is 4.90 Å². The normalized spacial score (nSPS) is 36.4. The molecule has 0 aliphatic carbocycles. The molecule has 3 aliphatic rings. The summed E-state index contributed by atoms with van der Waals surface area (Å²) in [5.74, 6) is -0.735. The summed E-state index contributed by atoms with van der Waals surface area (Å²) in [5, 5.41) is 8.52. The van der Waals surface area contributed by atoms with E-state index in [0.717, 1.165) is 6.42 Å². The van der Waals surface area contributed by atoms with Crippen molar-refractivity contribution in [1.82, 2.24) is 4.90 Å². The molecule has 3 fully saturated rings. The maximum Gasteiger partial charge on any atom is 0.317 e. The first-order chi connectivity index (χ1) is 5.27. The number of hydrogen-bond acceptors (Lipinski definition) is 3. The summed E-state index contributed by atoms with van der Waals surface area (Å²) in [6.07, 6.45) is 1.12. The van der Waals surface area contributed by atoms with Gasteiger partial charge in [-0.3, -0.25) is 9.69 Å². The monoisotopic (exact) mass is 157 g/mol. The number of aliphatic carboxylic acids is 1. The maximum absolute atomic E-state index is 10.4. The number of morpholine rings is 1. The van der Waals surface area contributed by atoms with Crippen LogP contribution in [0.5, 0.6) is 0 Å². The van der Waals surface area contributed by atoms with Crippen molar-refractivity contribution in [3.8, 4) is 0 Å². The van der Waals surface area contributed by atoms with Crippen molar-refractivity contribution in [2.75, 3.05) is 19.8 Å². The molecule has 0 aromatic rings. The predicted molar refractivity (Wildman–Crippen MR) is 37.4 cm³/mol. The van der Waals surface area contributed by atoms with Crippen LogP contribution in [0.25, 0.3) is 0 Å². The Bertz CT molecular complexity index is 169. The van der Waals surface area contributed by atoms with E-state index in [1.54, 1.807) is 0 Å². The molecule has 0 spiro atoms. The molecule has 3 saturated heterocycles. The van der Waals surface area contributed by atoms with Gasteiger partial charge in [-0.25, -0.2) is 0 Å². The number of fused-ring (bicyclic) bond motifs is 2. The Morgan fingerprint density at radius 3 is 2.64 bits per heavy atom. The minimum Gasteiger partial charge on any atom is -0.480 e. The molecule has 62 valence electrons. The van der Waals surface area contributed by atoms with Crippen LogP contribution in [0.3, 0.4) is 0 Å². The second-order valence-corrected chi connectivity index (χ2v) is 3.15. The summed E-state index contributed by atoms with van der Waals surface area (Å²) >= 11 is 0. The van der Waals surface area contributed by atoms with Gasteiger partial charge in [0.2, 0.25) is 0 Å². The highest BCUT2D eigenvalue weighted by atomic mass is 16.5. The lowest BCUT2D eigenvalue weighted by molar-refractivity contribution is -0.156. The number of rotatable bonds is 2. The second kappa shape index (κ2) is 2.46. The molecule has 1 N–H and O–H groups in total. The maximum atomic E-state index is 10.4. The van der Waals surface area contributed by atoms with E-state index in [2.05, 4.69) is 0 Å². The molecule has 2 atom stereocenters. The summed E-state index contributed by atoms with van der Waals surface area (Å²) in [5.41, 5.74) is 0. The Kier molecular flexibility index (Phi) is 1.58. The zero-order valence-electron chi connectivity index (χ0n) is 6.19. The van der Waals surface area contributed by atoms with Crippen LogP contribution in [0.1, 0.15) is 6.42 Å². The number of carboxylic acid groups (broad SMARTS) is 1. The number of carbonyl (C=O) groups is 1. The van der Waals surface area contributed by atoms with E-state index < -0.39 is 5.97 Å². The molecule has 0 aromatic carbocycles. The quantitative estimate of drug-likeness (QED) is 0.589. The summed E-state index contributed by atoms with van der Waals surface area (Å²) in [6, 6.07) is 0.759. The van der Waals surface area contributed by atoms with Crippen LogP contribution >= 0.6 is 0 Å². The predicted octanol–water partition coefficient (Wildman–Crippen LogP) is -0.456. The Hall–Kier alpha value is -0.610. The summed E-state index contributed by atoms with van der Waals surface area (Å²) in [7, 11) is 0. The molecular formula is C7H11NO3. The van der Waals surface area contributed by atoms with Gasteiger partial charge in [-0.1, -0.05) is 0 Å². The van der Waals surface area contributed by atoms with E-state index in [9.17, 15) is 4.79 Å². The molecule has 11 heavy (non-hydrogen) atoms. The molecule has 3 aliphatic heterocycles. The highest BCUT2D eigenvalue weighted by molar-refractivity contribution is 5.69. The van der Waals surface area contributed by atoms with Crippen molar-refractivity contribution >= 4 is 5.97 Å². The number of hydrogen-bond donors (Lipinski definition) is 1. The van der Waals surface area contributed by atoms with Gasteiger partial charge in [0.05, 0.1) is 19.8 Å². The molecule has 3 rings (SSSR count). The second-order valence-electron chi connectivity index (χ2n) is 3.15. The Balaban J connectivity index is 1.91. The van der Waals surface area contributed by atoms with Crippen LogP contribution in [0.4, 0.5) is 0 Å². The minimum absolute atomic E-state index is 0.179. The van der Waals surface area contributed by atoms with Crippen LogP contribution in [-0.2, 0) is 9.53 Å². The highest BCUT2D eigenvalue weighted by Crippen LogP contribution is 2.29. The van der Waals surface area contributed by atoms with Gasteiger partial charge in [-0.05, 0) is 6.42 Å². The topological polar surface area (TPSA) is 49.8 Å². The van der Waals surface area contributed by atoms with Gasteiger partial charge >= 0.3 is 5.97 Å². The average Bonchev–Trinajstić information content (AvgIpc) is 2.01. The SMILES string of the molecule is O=C(O)CN1C2COCC1C2.